The van der Waals surface area contributed by atoms with E-state index in [1.54, 1.807) is 32.1 Å². The van der Waals surface area contributed by atoms with Gasteiger partial charge in [0.05, 0.1) is 34.5 Å². The van der Waals surface area contributed by atoms with Crippen LogP contribution in [0, 0.1) is 11.8 Å². The maximum absolute atomic E-state index is 13.0. The summed E-state index contributed by atoms with van der Waals surface area (Å²) in [6.45, 7) is 7.36. The molecule has 0 aromatic heterocycles. The van der Waals surface area contributed by atoms with Gasteiger partial charge in [0.1, 0.15) is 6.10 Å². The number of methoxy groups -OCH3 is 4. The highest BCUT2D eigenvalue weighted by molar-refractivity contribution is 5.90. The van der Waals surface area contributed by atoms with Crippen molar-refractivity contribution < 1.29 is 43.1 Å². The summed E-state index contributed by atoms with van der Waals surface area (Å²) in [6, 6.07) is 3.55. The van der Waals surface area contributed by atoms with Crippen LogP contribution in [-0.2, 0) is 9.53 Å². The van der Waals surface area contributed by atoms with E-state index in [0.717, 1.165) is 0 Å². The molecule has 1 aliphatic heterocycles. The van der Waals surface area contributed by atoms with Gasteiger partial charge in [-0.2, -0.15) is 0 Å². The number of benzene rings is 2. The molecule has 37 heavy (non-hydrogen) atoms. The minimum atomic E-state index is -0.955. The summed E-state index contributed by atoms with van der Waals surface area (Å²) >= 11 is 0. The SMILES string of the molecule is C/C=C(\C)C(=O)O[C@H]1c2cc(OC)c(OC)c(OC)c2-c2c(cc3c(c2OC)OCO3)[C@H](O)[C@H](C)[C@@H]1C. The van der Waals surface area contributed by atoms with Crippen molar-refractivity contribution in [1.29, 1.82) is 0 Å². The highest BCUT2D eigenvalue weighted by atomic mass is 16.7. The Balaban J connectivity index is 2.17. The van der Waals surface area contributed by atoms with Crippen molar-refractivity contribution in [3.05, 3.63) is 34.9 Å². The quantitative estimate of drug-likeness (QED) is 0.422. The Labute approximate surface area is 216 Å². The van der Waals surface area contributed by atoms with Crippen molar-refractivity contribution in [3.63, 3.8) is 0 Å². The number of hydrogen-bond donors (Lipinski definition) is 1. The molecule has 0 radical (unpaired) electrons. The molecule has 0 spiro atoms. The number of fused-ring (bicyclic) bond motifs is 4. The Bertz CT molecular complexity index is 1230. The molecular formula is C28H34O9. The Morgan fingerprint density at radius 2 is 1.57 bits per heavy atom. The van der Waals surface area contributed by atoms with Gasteiger partial charge in [0, 0.05) is 28.2 Å². The first-order valence-corrected chi connectivity index (χ1v) is 12.1. The predicted octanol–water partition coefficient (Wildman–Crippen LogP) is 4.99. The summed E-state index contributed by atoms with van der Waals surface area (Å²) in [5.41, 5.74) is 2.74. The van der Waals surface area contributed by atoms with E-state index >= 15 is 0 Å². The van der Waals surface area contributed by atoms with Crippen LogP contribution in [0.25, 0.3) is 11.1 Å². The van der Waals surface area contributed by atoms with Crippen LogP contribution < -0.4 is 28.4 Å². The summed E-state index contributed by atoms with van der Waals surface area (Å²) in [5.74, 6) is 1.25. The zero-order valence-electron chi connectivity index (χ0n) is 22.5. The molecule has 0 bridgehead atoms. The van der Waals surface area contributed by atoms with E-state index in [0.29, 0.717) is 62.3 Å². The molecule has 9 nitrogen and oxygen atoms in total. The number of rotatable bonds is 6. The second-order valence-corrected chi connectivity index (χ2v) is 9.18. The Morgan fingerprint density at radius 3 is 2.16 bits per heavy atom. The van der Waals surface area contributed by atoms with Crippen LogP contribution >= 0.6 is 0 Å². The largest absolute Gasteiger partial charge is 0.493 e. The number of aliphatic hydroxyl groups is 1. The van der Waals surface area contributed by atoms with Gasteiger partial charge in [0.2, 0.25) is 18.3 Å². The molecule has 1 aliphatic carbocycles. The topological polar surface area (TPSA) is 102 Å². The average molecular weight is 515 g/mol. The molecule has 200 valence electrons. The van der Waals surface area contributed by atoms with Gasteiger partial charge in [-0.15, -0.1) is 0 Å². The Morgan fingerprint density at radius 1 is 0.919 bits per heavy atom. The number of esters is 1. The van der Waals surface area contributed by atoms with Crippen LogP contribution in [0.1, 0.15) is 51.0 Å². The maximum atomic E-state index is 13.0. The molecule has 0 fully saturated rings. The van der Waals surface area contributed by atoms with Gasteiger partial charge in [0.15, 0.2) is 23.0 Å². The lowest BCUT2D eigenvalue weighted by molar-refractivity contribution is -0.149. The highest BCUT2D eigenvalue weighted by Gasteiger charge is 2.42. The van der Waals surface area contributed by atoms with Crippen molar-refractivity contribution in [3.8, 4) is 45.6 Å². The molecule has 1 N–H and O–H groups in total. The molecular weight excluding hydrogens is 480 g/mol. The van der Waals surface area contributed by atoms with E-state index in [1.165, 1.54) is 28.4 Å². The highest BCUT2D eigenvalue weighted by Crippen LogP contribution is 2.60. The van der Waals surface area contributed by atoms with Gasteiger partial charge in [-0.25, -0.2) is 4.79 Å². The van der Waals surface area contributed by atoms with Crippen molar-refractivity contribution >= 4 is 5.97 Å². The van der Waals surface area contributed by atoms with Crippen LogP contribution in [0.3, 0.4) is 0 Å². The molecule has 0 saturated carbocycles. The standard InChI is InChI=1S/C28H34O9/c1-9-13(2)28(30)37-23-15(4)14(3)22(29)16-10-19-25(36-12-35-19)27(34-8)20(16)21-17(23)11-18(31-5)24(32-6)26(21)33-7/h9-11,14-15,22-23,29H,12H2,1-8H3/b13-9+/t14-,15+,22-,23-/m1/s1. The zero-order valence-corrected chi connectivity index (χ0v) is 22.5. The van der Waals surface area contributed by atoms with Crippen molar-refractivity contribution in [2.75, 3.05) is 35.2 Å². The summed E-state index contributed by atoms with van der Waals surface area (Å²) in [4.78, 5) is 13.0. The number of carbonyl (C=O) groups excluding carboxylic acids is 1. The molecule has 2 aromatic carbocycles. The van der Waals surface area contributed by atoms with Crippen LogP contribution in [-0.4, -0.2) is 46.3 Å². The third-order valence-electron chi connectivity index (χ3n) is 7.38. The minimum absolute atomic E-state index is 0.0232. The molecule has 2 aliphatic rings. The summed E-state index contributed by atoms with van der Waals surface area (Å²) < 4.78 is 40.7. The summed E-state index contributed by atoms with van der Waals surface area (Å²) in [6.07, 6.45) is -0.0223. The van der Waals surface area contributed by atoms with Gasteiger partial charge >= 0.3 is 5.97 Å². The monoisotopic (exact) mass is 514 g/mol. The first-order chi connectivity index (χ1) is 17.7. The number of allylic oxidation sites excluding steroid dienone is 1. The van der Waals surface area contributed by atoms with Crippen LogP contribution in [0.4, 0.5) is 0 Å². The molecule has 4 rings (SSSR count). The van der Waals surface area contributed by atoms with Gasteiger partial charge in [-0.3, -0.25) is 0 Å². The fraction of sp³-hybridized carbons (Fsp3) is 0.464. The van der Waals surface area contributed by atoms with Crippen molar-refractivity contribution in [2.24, 2.45) is 11.8 Å². The van der Waals surface area contributed by atoms with E-state index in [2.05, 4.69) is 0 Å². The zero-order chi connectivity index (χ0) is 27.0. The number of hydrogen-bond acceptors (Lipinski definition) is 9. The lowest BCUT2D eigenvalue weighted by atomic mass is 9.74. The molecule has 0 unspecified atom stereocenters. The van der Waals surface area contributed by atoms with Crippen LogP contribution in [0.15, 0.2) is 23.8 Å². The molecule has 2 aromatic rings. The fourth-order valence-corrected chi connectivity index (χ4v) is 5.00. The molecule has 1 heterocycles. The van der Waals surface area contributed by atoms with E-state index in [1.807, 2.05) is 13.8 Å². The maximum Gasteiger partial charge on any atom is 0.333 e. The summed E-state index contributed by atoms with van der Waals surface area (Å²) in [7, 11) is 6.08. The molecule has 0 saturated heterocycles. The van der Waals surface area contributed by atoms with E-state index in [4.69, 9.17) is 33.2 Å². The second kappa shape index (κ2) is 10.4. The van der Waals surface area contributed by atoms with Crippen molar-refractivity contribution in [2.45, 2.75) is 39.9 Å². The van der Waals surface area contributed by atoms with E-state index < -0.39 is 18.2 Å². The second-order valence-electron chi connectivity index (χ2n) is 9.18. The first kappa shape index (κ1) is 26.5. The van der Waals surface area contributed by atoms with Crippen molar-refractivity contribution in [1.82, 2.24) is 0 Å². The smallest absolute Gasteiger partial charge is 0.333 e. The third-order valence-corrected chi connectivity index (χ3v) is 7.38. The van der Waals surface area contributed by atoms with Gasteiger partial charge in [0.25, 0.3) is 0 Å². The average Bonchev–Trinajstić information content (AvgIpc) is 3.39. The summed E-state index contributed by atoms with van der Waals surface area (Å²) in [5, 5.41) is 11.7. The predicted molar refractivity (Wildman–Crippen MR) is 136 cm³/mol. The Hall–Kier alpha value is -3.59. The van der Waals surface area contributed by atoms with Gasteiger partial charge < -0.3 is 38.3 Å². The lowest BCUT2D eigenvalue weighted by Crippen LogP contribution is -2.29. The number of ether oxygens (including phenoxy) is 7. The van der Waals surface area contributed by atoms with E-state index in [-0.39, 0.29) is 18.6 Å². The molecule has 9 heteroatoms. The Kier molecular flexibility index (Phi) is 7.45. The van der Waals surface area contributed by atoms with Gasteiger partial charge in [-0.1, -0.05) is 19.9 Å². The third kappa shape index (κ3) is 4.21. The lowest BCUT2D eigenvalue weighted by Gasteiger charge is -2.37. The number of carbonyl (C=O) groups is 1. The molecule has 0 amide bonds. The fourth-order valence-electron chi connectivity index (χ4n) is 5.00. The van der Waals surface area contributed by atoms with Crippen LogP contribution in [0.5, 0.6) is 34.5 Å². The normalized spacial score (nSPS) is 22.2. The van der Waals surface area contributed by atoms with E-state index in [9.17, 15) is 9.90 Å². The van der Waals surface area contributed by atoms with Crippen LogP contribution in [0.2, 0.25) is 0 Å². The van der Waals surface area contributed by atoms with Gasteiger partial charge in [-0.05, 0) is 37.5 Å². The first-order valence-electron chi connectivity index (χ1n) is 12.1. The number of aliphatic hydroxyl groups excluding tert-OH is 1. The minimum Gasteiger partial charge on any atom is -0.493 e. The molecule has 4 atom stereocenters.